The number of ether oxygens (including phenoxy) is 2. The summed E-state index contributed by atoms with van der Waals surface area (Å²) >= 11 is 0. The van der Waals surface area contributed by atoms with E-state index in [9.17, 15) is 9.59 Å². The maximum absolute atomic E-state index is 12.5. The van der Waals surface area contributed by atoms with Gasteiger partial charge in [0.2, 0.25) is 5.91 Å². The van der Waals surface area contributed by atoms with Crippen molar-refractivity contribution in [2.75, 3.05) is 13.1 Å². The van der Waals surface area contributed by atoms with E-state index in [1.54, 1.807) is 32.9 Å². The number of carbonyl (C=O) groups excluding carboxylic acids is 2. The van der Waals surface area contributed by atoms with Crippen molar-refractivity contribution < 1.29 is 19.1 Å². The van der Waals surface area contributed by atoms with E-state index in [1.807, 2.05) is 41.3 Å². The Morgan fingerprint density at radius 1 is 1.00 bits per heavy atom. The molecule has 148 valence electrons. The molecular weight excluding hydrogens is 354 g/mol. The molecule has 1 heterocycles. The lowest BCUT2D eigenvalue weighted by molar-refractivity contribution is -0.126. The van der Waals surface area contributed by atoms with Crippen LogP contribution in [0.3, 0.4) is 0 Å². The number of fused-ring (bicyclic) bond motifs is 1. The van der Waals surface area contributed by atoms with Crippen LogP contribution < -0.4 is 4.74 Å². The molecule has 0 aliphatic carbocycles. The highest BCUT2D eigenvalue weighted by molar-refractivity contribution is 5.96. The monoisotopic (exact) mass is 381 g/mol. The first-order valence-electron chi connectivity index (χ1n) is 9.73. The number of rotatable bonds is 3. The maximum Gasteiger partial charge on any atom is 0.514 e. The number of nitrogens with zero attached hydrogens (tertiary/aromatic N) is 1. The summed E-state index contributed by atoms with van der Waals surface area (Å²) in [7, 11) is 0. The first-order chi connectivity index (χ1) is 13.3. The van der Waals surface area contributed by atoms with Gasteiger partial charge in [0.05, 0.1) is 0 Å². The van der Waals surface area contributed by atoms with Crippen molar-refractivity contribution in [2.24, 2.45) is 0 Å². The average molecular weight is 381 g/mol. The van der Waals surface area contributed by atoms with Crippen LogP contribution in [0.2, 0.25) is 0 Å². The standard InChI is InChI=1S/C23H27NO4/c1-23(2,3)28-22(26)27-21-18(12-11-17-9-5-6-10-19(17)21)13-14-20(25)24-15-7-4-8-16-24/h5-6,9-14H,4,7-8,15-16H2,1-3H3/b14-13+. The van der Waals surface area contributed by atoms with E-state index in [-0.39, 0.29) is 5.91 Å². The van der Waals surface area contributed by atoms with Crippen LogP contribution in [0.25, 0.3) is 16.8 Å². The Bertz CT molecular complexity index is 889. The third-order valence-corrected chi connectivity index (χ3v) is 4.56. The largest absolute Gasteiger partial charge is 0.514 e. The highest BCUT2D eigenvalue weighted by atomic mass is 16.7. The summed E-state index contributed by atoms with van der Waals surface area (Å²) in [5.74, 6) is 0.381. The molecule has 0 saturated carbocycles. The van der Waals surface area contributed by atoms with E-state index < -0.39 is 11.8 Å². The predicted octanol–water partition coefficient (Wildman–Crippen LogP) is 5.18. The zero-order chi connectivity index (χ0) is 20.1. The summed E-state index contributed by atoms with van der Waals surface area (Å²) in [6.45, 7) is 6.95. The molecular formula is C23H27NO4. The summed E-state index contributed by atoms with van der Waals surface area (Å²) in [5, 5.41) is 1.74. The molecule has 1 aliphatic rings. The molecule has 0 atom stereocenters. The molecule has 2 aromatic rings. The number of amides is 1. The number of carbonyl (C=O) groups is 2. The number of benzene rings is 2. The smallest absolute Gasteiger partial charge is 0.428 e. The third kappa shape index (κ3) is 5.12. The van der Waals surface area contributed by atoms with Crippen LogP contribution >= 0.6 is 0 Å². The van der Waals surface area contributed by atoms with E-state index >= 15 is 0 Å². The lowest BCUT2D eigenvalue weighted by Gasteiger charge is -2.25. The van der Waals surface area contributed by atoms with E-state index in [0.717, 1.165) is 36.7 Å². The van der Waals surface area contributed by atoms with Crippen molar-refractivity contribution in [1.82, 2.24) is 4.90 Å². The van der Waals surface area contributed by atoms with Gasteiger partial charge in [0.1, 0.15) is 11.4 Å². The Kier molecular flexibility index (Phi) is 6.02. The lowest BCUT2D eigenvalue weighted by atomic mass is 10.0. The van der Waals surface area contributed by atoms with Crippen LogP contribution in [-0.2, 0) is 9.53 Å². The van der Waals surface area contributed by atoms with Gasteiger partial charge in [-0.2, -0.15) is 0 Å². The van der Waals surface area contributed by atoms with E-state index in [1.165, 1.54) is 6.42 Å². The van der Waals surface area contributed by atoms with Crippen LogP contribution in [0.15, 0.2) is 42.5 Å². The summed E-state index contributed by atoms with van der Waals surface area (Å²) in [5.41, 5.74) is 0.0111. The van der Waals surface area contributed by atoms with Crippen LogP contribution in [0.4, 0.5) is 4.79 Å². The normalized spacial score (nSPS) is 15.0. The van der Waals surface area contributed by atoms with Gasteiger partial charge in [-0.1, -0.05) is 36.4 Å². The number of hydrogen-bond donors (Lipinski definition) is 0. The molecule has 5 heteroatoms. The van der Waals surface area contributed by atoms with Gasteiger partial charge in [-0.3, -0.25) is 4.79 Å². The number of hydrogen-bond acceptors (Lipinski definition) is 4. The van der Waals surface area contributed by atoms with Gasteiger partial charge in [0.25, 0.3) is 0 Å². The minimum absolute atomic E-state index is 0.0175. The average Bonchev–Trinajstić information content (AvgIpc) is 2.66. The highest BCUT2D eigenvalue weighted by Crippen LogP contribution is 2.31. The first-order valence-corrected chi connectivity index (χ1v) is 9.73. The molecule has 0 N–H and O–H groups in total. The van der Waals surface area contributed by atoms with Gasteiger partial charge in [-0.25, -0.2) is 4.79 Å². The van der Waals surface area contributed by atoms with Crippen LogP contribution in [0.1, 0.15) is 45.6 Å². The van der Waals surface area contributed by atoms with E-state index in [0.29, 0.717) is 11.3 Å². The SMILES string of the molecule is CC(C)(C)OC(=O)Oc1c(/C=C/C(=O)N2CCCCC2)ccc2ccccc12. The van der Waals surface area contributed by atoms with Gasteiger partial charge in [-0.05, 0) is 51.5 Å². The second-order valence-electron chi connectivity index (χ2n) is 7.99. The highest BCUT2D eigenvalue weighted by Gasteiger charge is 2.20. The van der Waals surface area contributed by atoms with Gasteiger partial charge in [0, 0.05) is 30.1 Å². The predicted molar refractivity (Wildman–Crippen MR) is 110 cm³/mol. The van der Waals surface area contributed by atoms with Crippen LogP contribution in [0.5, 0.6) is 5.75 Å². The fourth-order valence-electron chi connectivity index (χ4n) is 3.24. The van der Waals surface area contributed by atoms with Gasteiger partial charge < -0.3 is 14.4 Å². The molecule has 3 rings (SSSR count). The van der Waals surface area contributed by atoms with Crippen molar-refractivity contribution in [3.8, 4) is 5.75 Å². The Labute approximate surface area is 165 Å². The molecule has 28 heavy (non-hydrogen) atoms. The van der Waals surface area contributed by atoms with Crippen molar-refractivity contribution in [2.45, 2.75) is 45.6 Å². The molecule has 0 aromatic heterocycles. The molecule has 0 bridgehead atoms. The van der Waals surface area contributed by atoms with Crippen molar-refractivity contribution in [3.63, 3.8) is 0 Å². The van der Waals surface area contributed by atoms with Crippen LogP contribution in [0, 0.1) is 0 Å². The summed E-state index contributed by atoms with van der Waals surface area (Å²) in [6, 6.07) is 11.4. The minimum Gasteiger partial charge on any atom is -0.428 e. The number of piperidine rings is 1. The maximum atomic E-state index is 12.5. The summed E-state index contributed by atoms with van der Waals surface area (Å²) < 4.78 is 10.9. The fourth-order valence-corrected chi connectivity index (χ4v) is 3.24. The minimum atomic E-state index is -0.763. The van der Waals surface area contributed by atoms with E-state index in [2.05, 4.69) is 0 Å². The van der Waals surface area contributed by atoms with Crippen LogP contribution in [-0.4, -0.2) is 35.7 Å². The second-order valence-corrected chi connectivity index (χ2v) is 7.99. The molecule has 0 spiro atoms. The third-order valence-electron chi connectivity index (χ3n) is 4.56. The molecule has 1 aliphatic heterocycles. The zero-order valence-corrected chi connectivity index (χ0v) is 16.7. The zero-order valence-electron chi connectivity index (χ0n) is 16.7. The molecule has 2 aromatic carbocycles. The Hall–Kier alpha value is -2.82. The Morgan fingerprint density at radius 3 is 2.43 bits per heavy atom. The topological polar surface area (TPSA) is 55.8 Å². The molecule has 0 unspecified atom stereocenters. The van der Waals surface area contributed by atoms with E-state index in [4.69, 9.17) is 9.47 Å². The molecule has 1 saturated heterocycles. The fraction of sp³-hybridized carbons (Fsp3) is 0.391. The Morgan fingerprint density at radius 2 is 1.71 bits per heavy atom. The van der Waals surface area contributed by atoms with Crippen molar-refractivity contribution in [1.29, 1.82) is 0 Å². The quantitative estimate of drug-likeness (QED) is 0.418. The molecule has 0 radical (unpaired) electrons. The molecule has 1 fully saturated rings. The number of likely N-dealkylation sites (tertiary alicyclic amines) is 1. The molecule has 5 nitrogen and oxygen atoms in total. The second kappa shape index (κ2) is 8.46. The lowest BCUT2D eigenvalue weighted by Crippen LogP contribution is -2.34. The first kappa shape index (κ1) is 19.9. The van der Waals surface area contributed by atoms with Gasteiger partial charge in [0.15, 0.2) is 0 Å². The van der Waals surface area contributed by atoms with Gasteiger partial charge >= 0.3 is 6.16 Å². The van der Waals surface area contributed by atoms with Crippen molar-refractivity contribution >= 4 is 28.9 Å². The summed E-state index contributed by atoms with van der Waals surface area (Å²) in [4.78, 5) is 26.6. The summed E-state index contributed by atoms with van der Waals surface area (Å²) in [6.07, 6.45) is 5.76. The molecule has 1 amide bonds. The Balaban J connectivity index is 1.89. The van der Waals surface area contributed by atoms with Gasteiger partial charge in [-0.15, -0.1) is 0 Å². The van der Waals surface area contributed by atoms with Crippen molar-refractivity contribution in [3.05, 3.63) is 48.0 Å².